The van der Waals surface area contributed by atoms with Crippen LogP contribution in [-0.4, -0.2) is 10.5 Å². The first kappa shape index (κ1) is 18.9. The first-order valence-corrected chi connectivity index (χ1v) is 9.94. The second kappa shape index (κ2) is 7.92. The van der Waals surface area contributed by atoms with E-state index >= 15 is 0 Å². The van der Waals surface area contributed by atoms with Crippen LogP contribution in [0, 0.1) is 6.92 Å². The molecule has 0 fully saturated rings. The third-order valence-electron chi connectivity index (χ3n) is 5.40. The maximum Gasteiger partial charge on any atom is 0.240 e. The molecule has 0 spiro atoms. The van der Waals surface area contributed by atoms with Crippen LogP contribution in [0.4, 0.5) is 0 Å². The average Bonchev–Trinajstić information content (AvgIpc) is 2.75. The van der Waals surface area contributed by atoms with E-state index < -0.39 is 0 Å². The molecule has 146 valence electrons. The molecule has 0 aliphatic rings. The van der Waals surface area contributed by atoms with Gasteiger partial charge in [0.15, 0.2) is 5.43 Å². The maximum absolute atomic E-state index is 13.0. The van der Waals surface area contributed by atoms with Crippen LogP contribution in [0.2, 0.25) is 0 Å². The number of para-hydroxylation sites is 2. The molecular weight excluding hydrogens is 360 g/mol. The molecule has 0 saturated heterocycles. The number of pyridine rings is 1. The molecule has 4 aromatic rings. The van der Waals surface area contributed by atoms with Gasteiger partial charge in [-0.3, -0.25) is 9.59 Å². The first-order valence-electron chi connectivity index (χ1n) is 9.94. The predicted octanol–water partition coefficient (Wildman–Crippen LogP) is 4.73. The fraction of sp³-hybridized carbons (Fsp3) is 0.200. The van der Waals surface area contributed by atoms with Gasteiger partial charge in [0.25, 0.3) is 0 Å². The Balaban J connectivity index is 1.71. The number of hydrogen-bond donors (Lipinski definition) is 1. The Bertz CT molecular complexity index is 1180. The second-order valence-corrected chi connectivity index (χ2v) is 7.39. The van der Waals surface area contributed by atoms with Crippen molar-refractivity contribution in [2.45, 2.75) is 32.9 Å². The number of fused-ring (bicyclic) bond motifs is 2. The zero-order valence-corrected chi connectivity index (χ0v) is 16.7. The van der Waals surface area contributed by atoms with E-state index in [1.807, 2.05) is 53.1 Å². The predicted molar refractivity (Wildman–Crippen MR) is 118 cm³/mol. The van der Waals surface area contributed by atoms with E-state index in [0.717, 1.165) is 23.0 Å². The molecule has 1 N–H and O–H groups in total. The monoisotopic (exact) mass is 384 g/mol. The summed E-state index contributed by atoms with van der Waals surface area (Å²) in [5.41, 5.74) is 3.84. The SMILES string of the molecule is CCC(NC(=O)Cn1c2ccccc2c(=O)c2ccccc21)c1ccc(C)cc1. The van der Waals surface area contributed by atoms with Gasteiger partial charge < -0.3 is 9.88 Å². The number of nitrogens with one attached hydrogen (secondary N) is 1. The summed E-state index contributed by atoms with van der Waals surface area (Å²) < 4.78 is 1.93. The molecule has 1 amide bonds. The molecule has 29 heavy (non-hydrogen) atoms. The molecular formula is C25H24N2O2. The van der Waals surface area contributed by atoms with Crippen molar-refractivity contribution < 1.29 is 4.79 Å². The summed E-state index contributed by atoms with van der Waals surface area (Å²) in [6.07, 6.45) is 0.806. The van der Waals surface area contributed by atoms with Crippen LogP contribution < -0.4 is 10.7 Å². The Hall–Kier alpha value is -3.40. The van der Waals surface area contributed by atoms with Crippen molar-refractivity contribution in [2.75, 3.05) is 0 Å². The Labute approximate surface area is 169 Å². The minimum Gasteiger partial charge on any atom is -0.348 e. The van der Waals surface area contributed by atoms with Crippen LogP contribution in [0.1, 0.15) is 30.5 Å². The molecule has 1 aromatic heterocycles. The molecule has 0 aliphatic carbocycles. The number of nitrogens with zero attached hydrogens (tertiary/aromatic N) is 1. The lowest BCUT2D eigenvalue weighted by atomic mass is 10.0. The second-order valence-electron chi connectivity index (χ2n) is 7.39. The first-order chi connectivity index (χ1) is 14.1. The third kappa shape index (κ3) is 3.66. The topological polar surface area (TPSA) is 51.1 Å². The Morgan fingerprint density at radius 2 is 1.45 bits per heavy atom. The molecule has 0 bridgehead atoms. The van der Waals surface area contributed by atoms with Gasteiger partial charge in [0, 0.05) is 10.8 Å². The molecule has 4 heteroatoms. The normalized spacial score (nSPS) is 12.2. The summed E-state index contributed by atoms with van der Waals surface area (Å²) in [6.45, 7) is 4.27. The minimum atomic E-state index is -0.0728. The van der Waals surface area contributed by atoms with Crippen molar-refractivity contribution in [3.8, 4) is 0 Å². The van der Waals surface area contributed by atoms with Gasteiger partial charge in [0.05, 0.1) is 17.1 Å². The van der Waals surface area contributed by atoms with Crippen LogP contribution in [0.25, 0.3) is 21.8 Å². The van der Waals surface area contributed by atoms with E-state index in [1.54, 1.807) is 0 Å². The van der Waals surface area contributed by atoms with Gasteiger partial charge in [-0.2, -0.15) is 0 Å². The number of aromatic nitrogens is 1. The quantitative estimate of drug-likeness (QED) is 0.506. The molecule has 1 unspecified atom stereocenters. The van der Waals surface area contributed by atoms with Crippen LogP contribution in [-0.2, 0) is 11.3 Å². The lowest BCUT2D eigenvalue weighted by Gasteiger charge is -2.20. The molecule has 0 radical (unpaired) electrons. The zero-order valence-electron chi connectivity index (χ0n) is 16.7. The third-order valence-corrected chi connectivity index (χ3v) is 5.40. The summed E-state index contributed by atoms with van der Waals surface area (Å²) in [4.78, 5) is 25.8. The summed E-state index contributed by atoms with van der Waals surface area (Å²) >= 11 is 0. The Kier molecular flexibility index (Phi) is 5.17. The molecule has 1 heterocycles. The number of aryl methyl sites for hydroxylation is 1. The highest BCUT2D eigenvalue weighted by atomic mass is 16.2. The van der Waals surface area contributed by atoms with Crippen LogP contribution >= 0.6 is 0 Å². The smallest absolute Gasteiger partial charge is 0.240 e. The van der Waals surface area contributed by atoms with Crippen LogP contribution in [0.15, 0.2) is 77.6 Å². The number of rotatable bonds is 5. The summed E-state index contributed by atoms with van der Waals surface area (Å²) in [5, 5.41) is 4.42. The average molecular weight is 384 g/mol. The van der Waals surface area contributed by atoms with E-state index in [-0.39, 0.29) is 23.9 Å². The molecule has 4 nitrogen and oxygen atoms in total. The minimum absolute atomic E-state index is 0.000974. The fourth-order valence-corrected chi connectivity index (χ4v) is 3.85. The molecule has 4 rings (SSSR count). The van der Waals surface area contributed by atoms with E-state index in [1.165, 1.54) is 5.56 Å². The van der Waals surface area contributed by atoms with Gasteiger partial charge >= 0.3 is 0 Å². The van der Waals surface area contributed by atoms with Gasteiger partial charge in [-0.25, -0.2) is 0 Å². The number of benzene rings is 3. The standard InChI is InChI=1S/C25H24N2O2/c1-3-21(18-14-12-17(2)13-15-18)26-24(28)16-27-22-10-6-4-8-19(22)25(29)20-9-5-7-11-23(20)27/h4-15,21H,3,16H2,1-2H3,(H,26,28). The van der Waals surface area contributed by atoms with Gasteiger partial charge in [0.2, 0.25) is 5.91 Å². The molecule has 0 saturated carbocycles. The van der Waals surface area contributed by atoms with Gasteiger partial charge in [0.1, 0.15) is 6.54 Å². The van der Waals surface area contributed by atoms with E-state index in [0.29, 0.717) is 10.8 Å². The highest BCUT2D eigenvalue weighted by molar-refractivity contribution is 5.94. The maximum atomic E-state index is 13.0. The molecule has 3 aromatic carbocycles. The largest absolute Gasteiger partial charge is 0.348 e. The summed E-state index contributed by atoms with van der Waals surface area (Å²) in [6, 6.07) is 23.1. The van der Waals surface area contributed by atoms with Crippen molar-refractivity contribution in [2.24, 2.45) is 0 Å². The highest BCUT2D eigenvalue weighted by Crippen LogP contribution is 2.20. The number of carbonyl (C=O) groups is 1. The van der Waals surface area contributed by atoms with Gasteiger partial charge in [-0.15, -0.1) is 0 Å². The van der Waals surface area contributed by atoms with Crippen molar-refractivity contribution in [1.82, 2.24) is 9.88 Å². The molecule has 0 aliphatic heterocycles. The summed E-state index contributed by atoms with van der Waals surface area (Å²) in [7, 11) is 0. The Morgan fingerprint density at radius 1 is 0.897 bits per heavy atom. The van der Waals surface area contributed by atoms with Crippen molar-refractivity contribution in [1.29, 1.82) is 0 Å². The van der Waals surface area contributed by atoms with Crippen LogP contribution in [0.3, 0.4) is 0 Å². The van der Waals surface area contributed by atoms with E-state index in [9.17, 15) is 9.59 Å². The van der Waals surface area contributed by atoms with Crippen molar-refractivity contribution >= 4 is 27.7 Å². The lowest BCUT2D eigenvalue weighted by molar-refractivity contribution is -0.122. The number of hydrogen-bond acceptors (Lipinski definition) is 2. The fourth-order valence-electron chi connectivity index (χ4n) is 3.85. The van der Waals surface area contributed by atoms with E-state index in [2.05, 4.69) is 43.4 Å². The van der Waals surface area contributed by atoms with Gasteiger partial charge in [-0.1, -0.05) is 61.0 Å². The lowest BCUT2D eigenvalue weighted by Crippen LogP contribution is -2.32. The highest BCUT2D eigenvalue weighted by Gasteiger charge is 2.16. The van der Waals surface area contributed by atoms with Crippen molar-refractivity contribution in [3.05, 3.63) is 94.1 Å². The van der Waals surface area contributed by atoms with Crippen LogP contribution in [0.5, 0.6) is 0 Å². The Morgan fingerprint density at radius 3 is 2.00 bits per heavy atom. The number of amides is 1. The number of carbonyl (C=O) groups excluding carboxylic acids is 1. The molecule has 1 atom stereocenters. The van der Waals surface area contributed by atoms with Gasteiger partial charge in [-0.05, 0) is 43.2 Å². The zero-order chi connectivity index (χ0) is 20.4. The van der Waals surface area contributed by atoms with Crippen molar-refractivity contribution in [3.63, 3.8) is 0 Å². The van der Waals surface area contributed by atoms with E-state index in [4.69, 9.17) is 0 Å². The summed E-state index contributed by atoms with van der Waals surface area (Å²) in [5.74, 6) is -0.0728.